The number of aromatic nitrogens is 2. The topological polar surface area (TPSA) is 82.3 Å². The van der Waals surface area contributed by atoms with E-state index in [0.717, 1.165) is 24.3 Å². The Morgan fingerprint density at radius 3 is 2.78 bits per heavy atom. The zero-order valence-corrected chi connectivity index (χ0v) is 13.3. The van der Waals surface area contributed by atoms with Crippen molar-refractivity contribution in [3.05, 3.63) is 30.6 Å². The number of ether oxygens (including phenoxy) is 2. The molecule has 0 radical (unpaired) electrons. The summed E-state index contributed by atoms with van der Waals surface area (Å²) in [5.41, 5.74) is 7.45. The van der Waals surface area contributed by atoms with E-state index in [1.807, 2.05) is 24.3 Å². The Hall–Kier alpha value is -2.50. The summed E-state index contributed by atoms with van der Waals surface area (Å²) in [5.74, 6) is 1.76. The predicted molar refractivity (Wildman–Crippen MR) is 90.2 cm³/mol. The van der Waals surface area contributed by atoms with E-state index in [1.165, 1.54) is 25.6 Å². The molecule has 1 heterocycles. The maximum atomic E-state index is 6.18. The van der Waals surface area contributed by atoms with Crippen LogP contribution in [0.3, 0.4) is 0 Å². The van der Waals surface area contributed by atoms with Crippen LogP contribution in [0.25, 0.3) is 0 Å². The number of methoxy groups -OCH3 is 1. The molecule has 122 valence electrons. The van der Waals surface area contributed by atoms with E-state index >= 15 is 0 Å². The van der Waals surface area contributed by atoms with Crippen molar-refractivity contribution in [3.63, 3.8) is 0 Å². The van der Waals surface area contributed by atoms with E-state index < -0.39 is 0 Å². The molecular weight excluding hydrogens is 292 g/mol. The number of hydrogen-bond donors (Lipinski definition) is 2. The maximum absolute atomic E-state index is 6.18. The van der Waals surface area contributed by atoms with Crippen molar-refractivity contribution in [2.45, 2.75) is 38.2 Å². The first kappa shape index (κ1) is 15.4. The monoisotopic (exact) mass is 314 g/mol. The van der Waals surface area contributed by atoms with Crippen LogP contribution in [0.5, 0.6) is 11.6 Å². The van der Waals surface area contributed by atoms with Crippen LogP contribution in [0.15, 0.2) is 30.6 Å². The third-order valence-electron chi connectivity index (χ3n) is 4.01. The summed E-state index contributed by atoms with van der Waals surface area (Å²) in [6.45, 7) is 0. The van der Waals surface area contributed by atoms with E-state index in [9.17, 15) is 0 Å². The van der Waals surface area contributed by atoms with E-state index in [0.29, 0.717) is 17.4 Å². The molecule has 0 saturated heterocycles. The third-order valence-corrected chi connectivity index (χ3v) is 4.01. The number of rotatable bonds is 5. The molecule has 3 rings (SSSR count). The van der Waals surface area contributed by atoms with Crippen molar-refractivity contribution in [1.82, 2.24) is 9.97 Å². The number of anilines is 3. The number of benzene rings is 1. The Kier molecular flexibility index (Phi) is 4.80. The van der Waals surface area contributed by atoms with E-state index in [-0.39, 0.29) is 6.10 Å². The number of hydrogen-bond acceptors (Lipinski definition) is 6. The lowest BCUT2D eigenvalue weighted by Gasteiger charge is -2.23. The molecule has 1 aliphatic carbocycles. The van der Waals surface area contributed by atoms with Crippen molar-refractivity contribution in [2.24, 2.45) is 0 Å². The standard InChI is InChI=1S/C17H22N4O2/c1-22-14-9-5-6-12(10-14)21-16-15(18)17(20-11-19-16)23-13-7-3-2-4-8-13/h5-6,9-11,13H,2-4,7-8,18H2,1H3,(H,19,20,21). The molecule has 1 aromatic carbocycles. The molecule has 23 heavy (non-hydrogen) atoms. The van der Waals surface area contributed by atoms with Gasteiger partial charge in [-0.2, -0.15) is 4.98 Å². The van der Waals surface area contributed by atoms with Crippen LogP contribution in [0.2, 0.25) is 0 Å². The zero-order chi connectivity index (χ0) is 16.1. The zero-order valence-electron chi connectivity index (χ0n) is 13.3. The molecule has 0 spiro atoms. The first-order valence-electron chi connectivity index (χ1n) is 7.94. The van der Waals surface area contributed by atoms with Gasteiger partial charge in [0, 0.05) is 11.8 Å². The molecule has 2 aromatic rings. The van der Waals surface area contributed by atoms with Gasteiger partial charge in [0.2, 0.25) is 5.88 Å². The minimum atomic E-state index is 0.200. The van der Waals surface area contributed by atoms with Gasteiger partial charge < -0.3 is 20.5 Å². The number of nitrogen functional groups attached to an aromatic ring is 1. The van der Waals surface area contributed by atoms with Crippen molar-refractivity contribution >= 4 is 17.2 Å². The molecular formula is C17H22N4O2. The summed E-state index contributed by atoms with van der Waals surface area (Å²) in [4.78, 5) is 8.40. The fourth-order valence-corrected chi connectivity index (χ4v) is 2.75. The van der Waals surface area contributed by atoms with Gasteiger partial charge in [-0.25, -0.2) is 4.98 Å². The second-order valence-corrected chi connectivity index (χ2v) is 5.68. The normalized spacial score (nSPS) is 15.2. The van der Waals surface area contributed by atoms with Gasteiger partial charge in [-0.15, -0.1) is 0 Å². The molecule has 0 bridgehead atoms. The highest BCUT2D eigenvalue weighted by atomic mass is 16.5. The molecule has 1 fully saturated rings. The van der Waals surface area contributed by atoms with E-state index in [2.05, 4.69) is 15.3 Å². The van der Waals surface area contributed by atoms with Gasteiger partial charge in [0.05, 0.1) is 7.11 Å². The van der Waals surface area contributed by atoms with Crippen LogP contribution in [0.4, 0.5) is 17.2 Å². The van der Waals surface area contributed by atoms with E-state index in [1.54, 1.807) is 7.11 Å². The van der Waals surface area contributed by atoms with Crippen LogP contribution in [0, 0.1) is 0 Å². The average Bonchev–Trinajstić information content (AvgIpc) is 2.59. The molecule has 1 saturated carbocycles. The third kappa shape index (κ3) is 3.83. The van der Waals surface area contributed by atoms with Gasteiger partial charge in [0.1, 0.15) is 23.9 Å². The van der Waals surface area contributed by atoms with Crippen LogP contribution < -0.4 is 20.5 Å². The fourth-order valence-electron chi connectivity index (χ4n) is 2.75. The summed E-state index contributed by atoms with van der Waals surface area (Å²) in [7, 11) is 1.63. The van der Waals surface area contributed by atoms with Crippen molar-refractivity contribution in [1.29, 1.82) is 0 Å². The van der Waals surface area contributed by atoms with Crippen LogP contribution >= 0.6 is 0 Å². The Morgan fingerprint density at radius 2 is 2.00 bits per heavy atom. The largest absolute Gasteiger partial charge is 0.497 e. The minimum absolute atomic E-state index is 0.200. The SMILES string of the molecule is COc1cccc(Nc2ncnc(OC3CCCCC3)c2N)c1. The van der Waals surface area contributed by atoms with Gasteiger partial charge in [-0.05, 0) is 37.8 Å². The molecule has 1 aliphatic rings. The average molecular weight is 314 g/mol. The van der Waals surface area contributed by atoms with Crippen LogP contribution in [-0.4, -0.2) is 23.2 Å². The second kappa shape index (κ2) is 7.17. The molecule has 0 atom stereocenters. The molecule has 0 unspecified atom stereocenters. The first-order chi connectivity index (χ1) is 11.3. The number of nitrogens with one attached hydrogen (secondary N) is 1. The highest BCUT2D eigenvalue weighted by molar-refractivity contribution is 5.72. The van der Waals surface area contributed by atoms with Gasteiger partial charge >= 0.3 is 0 Å². The molecule has 0 amide bonds. The maximum Gasteiger partial charge on any atom is 0.242 e. The van der Waals surface area contributed by atoms with Gasteiger partial charge in [-0.1, -0.05) is 12.5 Å². The predicted octanol–water partition coefficient (Wildman–Crippen LogP) is 3.52. The lowest BCUT2D eigenvalue weighted by atomic mass is 9.98. The summed E-state index contributed by atoms with van der Waals surface area (Å²) < 4.78 is 11.2. The minimum Gasteiger partial charge on any atom is -0.497 e. The van der Waals surface area contributed by atoms with Crippen LogP contribution in [0.1, 0.15) is 32.1 Å². The Balaban J connectivity index is 1.75. The Morgan fingerprint density at radius 1 is 1.17 bits per heavy atom. The smallest absolute Gasteiger partial charge is 0.242 e. The van der Waals surface area contributed by atoms with Crippen molar-refractivity contribution < 1.29 is 9.47 Å². The molecule has 6 heteroatoms. The molecule has 0 aliphatic heterocycles. The van der Waals surface area contributed by atoms with Crippen molar-refractivity contribution in [2.75, 3.05) is 18.2 Å². The second-order valence-electron chi connectivity index (χ2n) is 5.68. The highest BCUT2D eigenvalue weighted by Gasteiger charge is 2.18. The van der Waals surface area contributed by atoms with Crippen molar-refractivity contribution in [3.8, 4) is 11.6 Å². The first-order valence-corrected chi connectivity index (χ1v) is 7.94. The lowest BCUT2D eigenvalue weighted by Crippen LogP contribution is -2.21. The summed E-state index contributed by atoms with van der Waals surface area (Å²) in [6.07, 6.45) is 7.46. The lowest BCUT2D eigenvalue weighted by molar-refractivity contribution is 0.149. The summed E-state index contributed by atoms with van der Waals surface area (Å²) in [6, 6.07) is 7.58. The van der Waals surface area contributed by atoms with Gasteiger partial charge in [0.25, 0.3) is 0 Å². The Bertz CT molecular complexity index is 657. The quantitative estimate of drug-likeness (QED) is 0.878. The summed E-state index contributed by atoms with van der Waals surface area (Å²) >= 11 is 0. The van der Waals surface area contributed by atoms with Gasteiger partial charge in [-0.3, -0.25) is 0 Å². The number of nitrogens with two attached hydrogens (primary N) is 1. The molecule has 1 aromatic heterocycles. The Labute approximate surface area is 136 Å². The summed E-state index contributed by atoms with van der Waals surface area (Å²) in [5, 5.41) is 3.19. The molecule has 3 N–H and O–H groups in total. The fraction of sp³-hybridized carbons (Fsp3) is 0.412. The van der Waals surface area contributed by atoms with Gasteiger partial charge in [0.15, 0.2) is 5.82 Å². The highest BCUT2D eigenvalue weighted by Crippen LogP contribution is 2.31. The van der Waals surface area contributed by atoms with E-state index in [4.69, 9.17) is 15.2 Å². The van der Waals surface area contributed by atoms with Crippen LogP contribution in [-0.2, 0) is 0 Å². The molecule has 6 nitrogen and oxygen atoms in total. The number of nitrogens with zero attached hydrogens (tertiary/aromatic N) is 2.